The van der Waals surface area contributed by atoms with E-state index in [0.29, 0.717) is 16.4 Å². The van der Waals surface area contributed by atoms with Gasteiger partial charge in [-0.3, -0.25) is 4.90 Å². The molecular formula is C14H26N2OS. The molecule has 104 valence electrons. The Morgan fingerprint density at radius 2 is 1.94 bits per heavy atom. The number of hydrogen-bond acceptors (Lipinski definition) is 3. The summed E-state index contributed by atoms with van der Waals surface area (Å²) >= 11 is 5.07. The van der Waals surface area contributed by atoms with Gasteiger partial charge in [0, 0.05) is 25.6 Å². The van der Waals surface area contributed by atoms with E-state index in [-0.39, 0.29) is 6.61 Å². The van der Waals surface area contributed by atoms with E-state index in [2.05, 4.69) is 4.90 Å². The van der Waals surface area contributed by atoms with Crippen molar-refractivity contribution in [2.24, 2.45) is 11.1 Å². The Morgan fingerprint density at radius 1 is 1.28 bits per heavy atom. The molecule has 0 aromatic rings. The summed E-state index contributed by atoms with van der Waals surface area (Å²) in [5, 5.41) is 9.27. The highest BCUT2D eigenvalue weighted by atomic mass is 32.1. The quantitative estimate of drug-likeness (QED) is 0.695. The minimum absolute atomic E-state index is 0.264. The summed E-state index contributed by atoms with van der Waals surface area (Å²) in [6, 6.07) is 0.676. The smallest absolute Gasteiger partial charge is 0.0733 e. The first-order chi connectivity index (χ1) is 8.65. The van der Waals surface area contributed by atoms with E-state index in [9.17, 15) is 5.11 Å². The Balaban J connectivity index is 1.90. The molecule has 0 aliphatic heterocycles. The SMILES string of the molecule is NC(=S)CC1(CN(CCO)C2CCCCC2)CC1. The third-order valence-electron chi connectivity index (χ3n) is 4.52. The molecule has 18 heavy (non-hydrogen) atoms. The number of nitrogens with zero attached hydrogens (tertiary/aromatic N) is 1. The van der Waals surface area contributed by atoms with Gasteiger partial charge in [0.1, 0.15) is 0 Å². The highest BCUT2D eigenvalue weighted by molar-refractivity contribution is 7.80. The van der Waals surface area contributed by atoms with Crippen molar-refractivity contribution in [3.8, 4) is 0 Å². The Labute approximate surface area is 116 Å². The molecule has 2 aliphatic carbocycles. The van der Waals surface area contributed by atoms with Gasteiger partial charge >= 0.3 is 0 Å². The standard InChI is InChI=1S/C14H26N2OS/c15-13(18)10-14(6-7-14)11-16(8-9-17)12-4-2-1-3-5-12/h12,17H,1-11H2,(H2,15,18). The highest BCUT2D eigenvalue weighted by Gasteiger charge is 2.44. The Morgan fingerprint density at radius 3 is 2.44 bits per heavy atom. The van der Waals surface area contributed by atoms with E-state index in [0.717, 1.165) is 19.5 Å². The van der Waals surface area contributed by atoms with Gasteiger partial charge < -0.3 is 10.8 Å². The van der Waals surface area contributed by atoms with Gasteiger partial charge in [-0.15, -0.1) is 0 Å². The van der Waals surface area contributed by atoms with Crippen LogP contribution in [0.3, 0.4) is 0 Å². The normalized spacial score (nSPS) is 23.2. The van der Waals surface area contributed by atoms with Crippen molar-refractivity contribution in [1.82, 2.24) is 4.90 Å². The first-order valence-electron chi connectivity index (χ1n) is 7.28. The second kappa shape index (κ2) is 6.31. The van der Waals surface area contributed by atoms with Crippen LogP contribution in [0.15, 0.2) is 0 Å². The summed E-state index contributed by atoms with van der Waals surface area (Å²) < 4.78 is 0. The van der Waals surface area contributed by atoms with Crippen molar-refractivity contribution in [3.05, 3.63) is 0 Å². The van der Waals surface area contributed by atoms with Gasteiger partial charge in [-0.1, -0.05) is 31.5 Å². The molecule has 0 bridgehead atoms. The topological polar surface area (TPSA) is 49.5 Å². The molecule has 4 heteroatoms. The van der Waals surface area contributed by atoms with Gasteiger partial charge in [-0.25, -0.2) is 0 Å². The average Bonchev–Trinajstić information content (AvgIpc) is 3.08. The van der Waals surface area contributed by atoms with Crippen molar-refractivity contribution in [2.75, 3.05) is 19.7 Å². The maximum atomic E-state index is 9.27. The number of aliphatic hydroxyl groups excluding tert-OH is 1. The van der Waals surface area contributed by atoms with Crippen LogP contribution >= 0.6 is 12.2 Å². The van der Waals surface area contributed by atoms with Crippen molar-refractivity contribution < 1.29 is 5.11 Å². The van der Waals surface area contributed by atoms with Gasteiger partial charge in [0.05, 0.1) is 11.6 Å². The molecular weight excluding hydrogens is 244 g/mol. The molecule has 2 rings (SSSR count). The summed E-state index contributed by atoms with van der Waals surface area (Å²) in [5.41, 5.74) is 6.06. The fraction of sp³-hybridized carbons (Fsp3) is 0.929. The molecule has 0 saturated heterocycles. The van der Waals surface area contributed by atoms with Gasteiger partial charge in [-0.2, -0.15) is 0 Å². The van der Waals surface area contributed by atoms with E-state index in [4.69, 9.17) is 18.0 Å². The molecule has 0 radical (unpaired) electrons. The molecule has 0 aromatic heterocycles. The molecule has 0 atom stereocenters. The fourth-order valence-corrected chi connectivity index (χ4v) is 3.64. The van der Waals surface area contributed by atoms with E-state index in [1.807, 2.05) is 0 Å². The zero-order valence-corrected chi connectivity index (χ0v) is 12.1. The maximum Gasteiger partial charge on any atom is 0.0733 e. The predicted octanol–water partition coefficient (Wildman–Crippen LogP) is 2.07. The lowest BCUT2D eigenvalue weighted by Crippen LogP contribution is -2.42. The van der Waals surface area contributed by atoms with Crippen LogP contribution in [0.5, 0.6) is 0 Å². The zero-order valence-electron chi connectivity index (χ0n) is 11.2. The lowest BCUT2D eigenvalue weighted by Gasteiger charge is -2.36. The van der Waals surface area contributed by atoms with Crippen LogP contribution in [-0.2, 0) is 0 Å². The van der Waals surface area contributed by atoms with E-state index >= 15 is 0 Å². The summed E-state index contributed by atoms with van der Waals surface area (Å²) in [5.74, 6) is 0. The fourth-order valence-electron chi connectivity index (χ4n) is 3.33. The van der Waals surface area contributed by atoms with Crippen LogP contribution in [0.1, 0.15) is 51.4 Å². The van der Waals surface area contributed by atoms with Crippen molar-refractivity contribution >= 4 is 17.2 Å². The predicted molar refractivity (Wildman–Crippen MR) is 78.6 cm³/mol. The first kappa shape index (κ1) is 14.2. The molecule has 2 aliphatic rings. The van der Waals surface area contributed by atoms with E-state index < -0.39 is 0 Å². The summed E-state index contributed by atoms with van der Waals surface area (Å²) in [6.45, 7) is 2.15. The maximum absolute atomic E-state index is 9.27. The lowest BCUT2D eigenvalue weighted by molar-refractivity contribution is 0.102. The highest BCUT2D eigenvalue weighted by Crippen LogP contribution is 2.50. The third-order valence-corrected chi connectivity index (χ3v) is 4.67. The molecule has 2 saturated carbocycles. The number of nitrogens with two attached hydrogens (primary N) is 1. The molecule has 0 unspecified atom stereocenters. The van der Waals surface area contributed by atoms with E-state index in [1.54, 1.807) is 0 Å². The largest absolute Gasteiger partial charge is 0.395 e. The van der Waals surface area contributed by atoms with Gasteiger partial charge in [0.15, 0.2) is 0 Å². The van der Waals surface area contributed by atoms with Crippen molar-refractivity contribution in [2.45, 2.75) is 57.4 Å². The second-order valence-corrected chi connectivity index (χ2v) is 6.65. The first-order valence-corrected chi connectivity index (χ1v) is 7.69. The molecule has 3 nitrogen and oxygen atoms in total. The molecule has 2 fully saturated rings. The van der Waals surface area contributed by atoms with Crippen LogP contribution in [0.4, 0.5) is 0 Å². The zero-order chi connectivity index (χ0) is 13.0. The monoisotopic (exact) mass is 270 g/mol. The third kappa shape index (κ3) is 3.90. The molecule has 0 aromatic carbocycles. The number of thiocarbonyl (C=S) groups is 1. The second-order valence-electron chi connectivity index (χ2n) is 6.13. The lowest BCUT2D eigenvalue weighted by atomic mass is 9.92. The van der Waals surface area contributed by atoms with E-state index in [1.165, 1.54) is 44.9 Å². The van der Waals surface area contributed by atoms with Crippen LogP contribution in [0.25, 0.3) is 0 Å². The number of hydrogen-bond donors (Lipinski definition) is 2. The number of rotatable bonds is 7. The molecule has 0 spiro atoms. The van der Waals surface area contributed by atoms with Gasteiger partial charge in [0.25, 0.3) is 0 Å². The van der Waals surface area contributed by atoms with Gasteiger partial charge in [0.2, 0.25) is 0 Å². The average molecular weight is 270 g/mol. The number of aliphatic hydroxyl groups is 1. The minimum atomic E-state index is 0.264. The van der Waals surface area contributed by atoms with Crippen molar-refractivity contribution in [3.63, 3.8) is 0 Å². The minimum Gasteiger partial charge on any atom is -0.395 e. The van der Waals surface area contributed by atoms with Crippen LogP contribution in [-0.4, -0.2) is 40.7 Å². The summed E-state index contributed by atoms with van der Waals surface area (Å²) in [6.07, 6.45) is 10.0. The molecule has 3 N–H and O–H groups in total. The Bertz CT molecular complexity index is 286. The van der Waals surface area contributed by atoms with Gasteiger partial charge in [-0.05, 0) is 31.1 Å². The van der Waals surface area contributed by atoms with Crippen molar-refractivity contribution in [1.29, 1.82) is 0 Å². The summed E-state index contributed by atoms with van der Waals surface area (Å²) in [7, 11) is 0. The Hall–Kier alpha value is -0.190. The van der Waals surface area contributed by atoms with Crippen LogP contribution < -0.4 is 5.73 Å². The summed E-state index contributed by atoms with van der Waals surface area (Å²) in [4.78, 5) is 3.16. The van der Waals surface area contributed by atoms with Crippen LogP contribution in [0, 0.1) is 5.41 Å². The Kier molecular flexibility index (Phi) is 4.98. The molecule has 0 amide bonds. The van der Waals surface area contributed by atoms with Crippen LogP contribution in [0.2, 0.25) is 0 Å². The molecule has 0 heterocycles.